The van der Waals surface area contributed by atoms with Crippen molar-refractivity contribution in [1.29, 1.82) is 0 Å². The summed E-state index contributed by atoms with van der Waals surface area (Å²) in [6, 6.07) is 9.87. The van der Waals surface area contributed by atoms with Crippen molar-refractivity contribution in [3.63, 3.8) is 0 Å². The molecule has 0 spiro atoms. The minimum absolute atomic E-state index is 0.104. The van der Waals surface area contributed by atoms with Gasteiger partial charge in [-0.15, -0.1) is 0 Å². The van der Waals surface area contributed by atoms with E-state index in [1.54, 1.807) is 7.05 Å². The van der Waals surface area contributed by atoms with Crippen LogP contribution in [-0.4, -0.2) is 42.0 Å². The van der Waals surface area contributed by atoms with Gasteiger partial charge in [-0.1, -0.05) is 36.1 Å². The zero-order chi connectivity index (χ0) is 22.5. The van der Waals surface area contributed by atoms with Gasteiger partial charge in [0.25, 0.3) is 5.91 Å². The van der Waals surface area contributed by atoms with Gasteiger partial charge in [0, 0.05) is 7.05 Å². The van der Waals surface area contributed by atoms with Crippen LogP contribution in [0.3, 0.4) is 0 Å². The standard InChI is InChI=1S/C23H24BrNO4S2/c1-5-27-19-12-16(13-20-22(26)25(4)23(30)31-20)11-17(24)21(19)29-9-8-28-18-10-14(2)6-7-15(18)3/h6-7,10-13H,5,8-9H2,1-4H3. The maximum Gasteiger partial charge on any atom is 0.265 e. The molecule has 1 aliphatic heterocycles. The van der Waals surface area contributed by atoms with E-state index < -0.39 is 0 Å². The summed E-state index contributed by atoms with van der Waals surface area (Å²) in [4.78, 5) is 14.3. The molecule has 0 atom stereocenters. The van der Waals surface area contributed by atoms with E-state index in [1.165, 1.54) is 16.7 Å². The van der Waals surface area contributed by atoms with Crippen molar-refractivity contribution in [1.82, 2.24) is 4.90 Å². The van der Waals surface area contributed by atoms with E-state index in [4.69, 9.17) is 26.4 Å². The third-order valence-electron chi connectivity index (χ3n) is 4.55. The summed E-state index contributed by atoms with van der Waals surface area (Å²) in [6.07, 6.45) is 1.81. The fourth-order valence-electron chi connectivity index (χ4n) is 2.93. The number of amides is 1. The molecule has 5 nitrogen and oxygen atoms in total. The molecule has 0 aliphatic carbocycles. The first kappa shape index (κ1) is 23.6. The van der Waals surface area contributed by atoms with Crippen LogP contribution in [0.4, 0.5) is 0 Å². The molecular formula is C23H24BrNO4S2. The highest BCUT2D eigenvalue weighted by molar-refractivity contribution is 9.10. The molecule has 164 valence electrons. The fourth-order valence-corrected chi connectivity index (χ4v) is 4.68. The molecule has 0 unspecified atom stereocenters. The summed E-state index contributed by atoms with van der Waals surface area (Å²) in [6.45, 7) is 7.22. The minimum atomic E-state index is -0.104. The first-order valence-electron chi connectivity index (χ1n) is 9.81. The normalized spacial score (nSPS) is 15.0. The third-order valence-corrected chi connectivity index (χ3v) is 6.62. The van der Waals surface area contributed by atoms with E-state index in [0.717, 1.165) is 26.9 Å². The van der Waals surface area contributed by atoms with Gasteiger partial charge >= 0.3 is 0 Å². The Hall–Kier alpha value is -2.03. The second kappa shape index (κ2) is 10.5. The minimum Gasteiger partial charge on any atom is -0.490 e. The molecule has 8 heteroatoms. The van der Waals surface area contributed by atoms with Crippen molar-refractivity contribution in [3.8, 4) is 17.2 Å². The average molecular weight is 522 g/mol. The summed E-state index contributed by atoms with van der Waals surface area (Å²) >= 11 is 10.1. The SMILES string of the molecule is CCOc1cc(C=C2SC(=S)N(C)C2=O)cc(Br)c1OCCOc1cc(C)ccc1C. The molecule has 1 aliphatic rings. The molecule has 31 heavy (non-hydrogen) atoms. The predicted octanol–water partition coefficient (Wildman–Crippen LogP) is 5.75. The van der Waals surface area contributed by atoms with Gasteiger partial charge in [-0.25, -0.2) is 0 Å². The maximum atomic E-state index is 12.3. The van der Waals surface area contributed by atoms with Crippen LogP contribution in [0.5, 0.6) is 17.2 Å². The Labute approximate surface area is 200 Å². The molecule has 0 saturated carbocycles. The number of benzene rings is 2. The molecule has 0 aromatic heterocycles. The van der Waals surface area contributed by atoms with Crippen molar-refractivity contribution in [2.75, 3.05) is 26.9 Å². The summed E-state index contributed by atoms with van der Waals surface area (Å²) < 4.78 is 18.9. The highest BCUT2D eigenvalue weighted by Gasteiger charge is 2.28. The van der Waals surface area contributed by atoms with Crippen LogP contribution in [0.2, 0.25) is 0 Å². The summed E-state index contributed by atoms with van der Waals surface area (Å²) in [5, 5.41) is 0. The van der Waals surface area contributed by atoms with Crippen molar-refractivity contribution in [2.24, 2.45) is 0 Å². The first-order chi connectivity index (χ1) is 14.8. The third kappa shape index (κ3) is 5.81. The molecular weight excluding hydrogens is 498 g/mol. The lowest BCUT2D eigenvalue weighted by molar-refractivity contribution is -0.121. The quantitative estimate of drug-likeness (QED) is 0.250. The van der Waals surface area contributed by atoms with E-state index >= 15 is 0 Å². The number of likely N-dealkylation sites (N-methyl/N-ethyl adjacent to an activating group) is 1. The number of halogens is 1. The Morgan fingerprint density at radius 3 is 2.52 bits per heavy atom. The summed E-state index contributed by atoms with van der Waals surface area (Å²) in [7, 11) is 1.68. The second-order valence-electron chi connectivity index (χ2n) is 6.97. The monoisotopic (exact) mass is 521 g/mol. The van der Waals surface area contributed by atoms with Gasteiger partial charge in [0.2, 0.25) is 0 Å². The molecule has 3 rings (SSSR count). The lowest BCUT2D eigenvalue weighted by Gasteiger charge is -2.16. The van der Waals surface area contributed by atoms with Crippen molar-refractivity contribution >= 4 is 56.2 Å². The number of rotatable bonds is 8. The lowest BCUT2D eigenvalue weighted by atomic mass is 10.1. The number of aryl methyl sites for hydroxylation is 2. The number of hydrogen-bond acceptors (Lipinski definition) is 6. The zero-order valence-electron chi connectivity index (χ0n) is 17.9. The van der Waals surface area contributed by atoms with E-state index in [9.17, 15) is 4.79 Å². The van der Waals surface area contributed by atoms with Gasteiger partial charge in [-0.05, 0) is 77.7 Å². The molecule has 0 bridgehead atoms. The topological polar surface area (TPSA) is 48.0 Å². The van der Waals surface area contributed by atoms with Crippen molar-refractivity contribution in [3.05, 3.63) is 56.4 Å². The van der Waals surface area contributed by atoms with Crippen molar-refractivity contribution < 1.29 is 19.0 Å². The highest BCUT2D eigenvalue weighted by atomic mass is 79.9. The molecule has 0 radical (unpaired) electrons. The number of thioether (sulfide) groups is 1. The van der Waals surface area contributed by atoms with Crippen LogP contribution in [0.15, 0.2) is 39.7 Å². The number of carbonyl (C=O) groups excluding carboxylic acids is 1. The molecule has 1 amide bonds. The summed E-state index contributed by atoms with van der Waals surface area (Å²) in [5.41, 5.74) is 3.06. The highest BCUT2D eigenvalue weighted by Crippen LogP contribution is 2.39. The zero-order valence-corrected chi connectivity index (χ0v) is 21.1. The van der Waals surface area contributed by atoms with Crippen LogP contribution in [0, 0.1) is 13.8 Å². The Balaban J connectivity index is 1.72. The number of thiocarbonyl (C=S) groups is 1. The molecule has 1 heterocycles. The number of carbonyl (C=O) groups is 1. The number of ether oxygens (including phenoxy) is 3. The molecule has 2 aromatic carbocycles. The average Bonchev–Trinajstić information content (AvgIpc) is 2.96. The smallest absolute Gasteiger partial charge is 0.265 e. The maximum absolute atomic E-state index is 12.3. The van der Waals surface area contributed by atoms with E-state index in [1.807, 2.05) is 51.1 Å². The van der Waals surface area contributed by atoms with Crippen LogP contribution < -0.4 is 14.2 Å². The van der Waals surface area contributed by atoms with Crippen LogP contribution in [0.1, 0.15) is 23.6 Å². The van der Waals surface area contributed by atoms with Gasteiger partial charge in [-0.2, -0.15) is 0 Å². The molecule has 0 N–H and O–H groups in total. The van der Waals surface area contributed by atoms with Gasteiger partial charge in [0.15, 0.2) is 11.5 Å². The Morgan fingerprint density at radius 1 is 1.10 bits per heavy atom. The van der Waals surface area contributed by atoms with Crippen LogP contribution in [-0.2, 0) is 4.79 Å². The van der Waals surface area contributed by atoms with Gasteiger partial charge < -0.3 is 14.2 Å². The number of nitrogens with zero attached hydrogens (tertiary/aromatic N) is 1. The Kier molecular flexibility index (Phi) is 8.02. The lowest BCUT2D eigenvalue weighted by Crippen LogP contribution is -2.22. The molecule has 1 fully saturated rings. The predicted molar refractivity (Wildman–Crippen MR) is 133 cm³/mol. The largest absolute Gasteiger partial charge is 0.490 e. The summed E-state index contributed by atoms with van der Waals surface area (Å²) in [5.74, 6) is 1.96. The van der Waals surface area contributed by atoms with Crippen LogP contribution >= 0.6 is 39.9 Å². The fraction of sp³-hybridized carbons (Fsp3) is 0.304. The van der Waals surface area contributed by atoms with Crippen molar-refractivity contribution in [2.45, 2.75) is 20.8 Å². The van der Waals surface area contributed by atoms with Gasteiger partial charge in [0.05, 0.1) is 16.0 Å². The van der Waals surface area contributed by atoms with E-state index in [2.05, 4.69) is 22.0 Å². The molecule has 1 saturated heterocycles. The van der Waals surface area contributed by atoms with E-state index in [0.29, 0.717) is 40.5 Å². The number of hydrogen-bond donors (Lipinski definition) is 0. The van der Waals surface area contributed by atoms with Gasteiger partial charge in [-0.3, -0.25) is 9.69 Å². The Morgan fingerprint density at radius 2 is 1.84 bits per heavy atom. The van der Waals surface area contributed by atoms with E-state index in [-0.39, 0.29) is 5.91 Å². The Bertz CT molecular complexity index is 1040. The molecule has 2 aromatic rings. The first-order valence-corrected chi connectivity index (χ1v) is 11.8. The van der Waals surface area contributed by atoms with Crippen LogP contribution in [0.25, 0.3) is 6.08 Å². The second-order valence-corrected chi connectivity index (χ2v) is 9.50. The van der Waals surface area contributed by atoms with Gasteiger partial charge in [0.1, 0.15) is 23.3 Å².